The number of nitrogens with zero attached hydrogens (tertiary/aromatic N) is 1. The third kappa shape index (κ3) is 4.08. The summed E-state index contributed by atoms with van der Waals surface area (Å²) in [7, 11) is 0. The van der Waals surface area contributed by atoms with Gasteiger partial charge in [-0.05, 0) is 27.2 Å². The van der Waals surface area contributed by atoms with Gasteiger partial charge in [-0.25, -0.2) is 4.98 Å². The van der Waals surface area contributed by atoms with Gasteiger partial charge in [0, 0.05) is 11.9 Å². The predicted molar refractivity (Wildman–Crippen MR) is 59.4 cm³/mol. The number of thiazole rings is 1. The summed E-state index contributed by atoms with van der Waals surface area (Å²) in [5, 5.41) is 6.37. The Hall–Kier alpha value is -0.830. The van der Waals surface area contributed by atoms with Gasteiger partial charge in [-0.15, -0.1) is 11.3 Å². The Labute approximate surface area is 83.7 Å². The van der Waals surface area contributed by atoms with Gasteiger partial charge in [0.2, 0.25) is 0 Å². The minimum atomic E-state index is 0.970. The molecule has 0 spiro atoms. The van der Waals surface area contributed by atoms with Crippen LogP contribution in [0.3, 0.4) is 0 Å². The molecule has 0 aliphatic heterocycles. The summed E-state index contributed by atoms with van der Waals surface area (Å²) >= 11 is 1.67. The molecule has 0 saturated carbocycles. The van der Waals surface area contributed by atoms with Crippen LogP contribution in [0.2, 0.25) is 0 Å². The third-order valence-corrected chi connectivity index (χ3v) is 2.51. The number of aryl methyl sites for hydroxylation is 1. The molecule has 0 atom stereocenters. The Morgan fingerprint density at radius 1 is 1.62 bits per heavy atom. The monoisotopic (exact) mass is 196 g/mol. The lowest BCUT2D eigenvalue weighted by Crippen LogP contribution is -1.99. The van der Waals surface area contributed by atoms with E-state index in [0.29, 0.717) is 0 Å². The van der Waals surface area contributed by atoms with Crippen LogP contribution in [-0.4, -0.2) is 11.5 Å². The Morgan fingerprint density at radius 2 is 2.38 bits per heavy atom. The van der Waals surface area contributed by atoms with Crippen molar-refractivity contribution in [3.63, 3.8) is 0 Å². The second kappa shape index (κ2) is 5.02. The van der Waals surface area contributed by atoms with Crippen molar-refractivity contribution >= 4 is 16.5 Å². The van der Waals surface area contributed by atoms with Crippen LogP contribution in [0.5, 0.6) is 0 Å². The molecule has 1 heterocycles. The van der Waals surface area contributed by atoms with E-state index in [9.17, 15) is 0 Å². The number of aromatic nitrogens is 1. The highest BCUT2D eigenvalue weighted by Crippen LogP contribution is 2.13. The van der Waals surface area contributed by atoms with Gasteiger partial charge in [-0.2, -0.15) is 0 Å². The van der Waals surface area contributed by atoms with Crippen LogP contribution < -0.4 is 5.32 Å². The third-order valence-electron chi connectivity index (χ3n) is 1.59. The highest BCUT2D eigenvalue weighted by Gasteiger charge is 1.94. The van der Waals surface area contributed by atoms with Gasteiger partial charge in [0.05, 0.1) is 5.69 Å². The number of anilines is 1. The molecule has 1 aromatic rings. The van der Waals surface area contributed by atoms with Crippen LogP contribution in [0, 0.1) is 6.92 Å². The average Bonchev–Trinajstić information content (AvgIpc) is 2.45. The second-order valence-electron chi connectivity index (χ2n) is 3.29. The number of rotatable bonds is 4. The van der Waals surface area contributed by atoms with E-state index >= 15 is 0 Å². The molecule has 0 aromatic carbocycles. The quantitative estimate of drug-likeness (QED) is 0.591. The summed E-state index contributed by atoms with van der Waals surface area (Å²) in [6.45, 7) is 7.22. The van der Waals surface area contributed by atoms with Crippen molar-refractivity contribution in [2.75, 3.05) is 11.9 Å². The van der Waals surface area contributed by atoms with Gasteiger partial charge in [0.1, 0.15) is 0 Å². The van der Waals surface area contributed by atoms with Crippen LogP contribution in [0.1, 0.15) is 26.0 Å². The maximum Gasteiger partial charge on any atom is 0.182 e. The largest absolute Gasteiger partial charge is 0.361 e. The molecule has 0 amide bonds. The summed E-state index contributed by atoms with van der Waals surface area (Å²) in [5.74, 6) is 0. The fraction of sp³-hybridized carbons (Fsp3) is 0.500. The first-order valence-electron chi connectivity index (χ1n) is 4.48. The van der Waals surface area contributed by atoms with Crippen molar-refractivity contribution in [2.24, 2.45) is 0 Å². The zero-order chi connectivity index (χ0) is 9.68. The first-order valence-corrected chi connectivity index (χ1v) is 5.36. The molecule has 0 aliphatic carbocycles. The normalized spacial score (nSPS) is 9.77. The van der Waals surface area contributed by atoms with Gasteiger partial charge in [0.15, 0.2) is 5.13 Å². The maximum atomic E-state index is 4.31. The molecule has 1 N–H and O–H groups in total. The van der Waals surface area contributed by atoms with E-state index in [1.54, 1.807) is 11.3 Å². The lowest BCUT2D eigenvalue weighted by atomic mass is 10.3. The van der Waals surface area contributed by atoms with Gasteiger partial charge in [0.25, 0.3) is 0 Å². The Bertz CT molecular complexity index is 285. The molecule has 0 fully saturated rings. The van der Waals surface area contributed by atoms with Gasteiger partial charge in [-0.1, -0.05) is 11.6 Å². The molecule has 0 aliphatic rings. The second-order valence-corrected chi connectivity index (χ2v) is 4.15. The smallest absolute Gasteiger partial charge is 0.182 e. The first-order chi connectivity index (χ1) is 6.18. The summed E-state index contributed by atoms with van der Waals surface area (Å²) < 4.78 is 0. The lowest BCUT2D eigenvalue weighted by molar-refractivity contribution is 1.04. The van der Waals surface area contributed by atoms with Gasteiger partial charge >= 0.3 is 0 Å². The van der Waals surface area contributed by atoms with Gasteiger partial charge in [-0.3, -0.25) is 0 Å². The molecule has 72 valence electrons. The van der Waals surface area contributed by atoms with Crippen LogP contribution in [0.25, 0.3) is 0 Å². The molecular weight excluding hydrogens is 180 g/mol. The molecule has 13 heavy (non-hydrogen) atoms. The predicted octanol–water partition coefficient (Wildman–Crippen LogP) is 3.22. The van der Waals surface area contributed by atoms with Crippen LogP contribution in [0.15, 0.2) is 17.0 Å². The van der Waals surface area contributed by atoms with Crippen LogP contribution >= 0.6 is 11.3 Å². The van der Waals surface area contributed by atoms with Crippen LogP contribution in [0.4, 0.5) is 5.13 Å². The Morgan fingerprint density at radius 3 is 2.92 bits per heavy atom. The average molecular weight is 196 g/mol. The van der Waals surface area contributed by atoms with E-state index in [4.69, 9.17) is 0 Å². The maximum absolute atomic E-state index is 4.31. The molecule has 0 bridgehead atoms. The zero-order valence-corrected chi connectivity index (χ0v) is 9.24. The minimum absolute atomic E-state index is 0.970. The molecule has 2 nitrogen and oxygen atoms in total. The fourth-order valence-electron chi connectivity index (χ4n) is 0.975. The Kier molecular flexibility index (Phi) is 3.96. The molecule has 3 heteroatoms. The van der Waals surface area contributed by atoms with Crippen molar-refractivity contribution in [1.82, 2.24) is 4.98 Å². The highest BCUT2D eigenvalue weighted by atomic mass is 32.1. The SMILES string of the molecule is CC(C)=CCCNc1nc(C)cs1. The molecular formula is C10H16N2S. The van der Waals surface area contributed by atoms with Gasteiger partial charge < -0.3 is 5.32 Å². The van der Waals surface area contributed by atoms with E-state index < -0.39 is 0 Å². The molecule has 0 unspecified atom stereocenters. The van der Waals surface area contributed by atoms with E-state index in [-0.39, 0.29) is 0 Å². The van der Waals surface area contributed by atoms with E-state index in [0.717, 1.165) is 23.8 Å². The van der Waals surface area contributed by atoms with E-state index in [1.807, 2.05) is 6.92 Å². The number of hydrogen-bond donors (Lipinski definition) is 1. The molecule has 0 saturated heterocycles. The van der Waals surface area contributed by atoms with E-state index in [2.05, 4.69) is 35.6 Å². The minimum Gasteiger partial charge on any atom is -0.361 e. The highest BCUT2D eigenvalue weighted by molar-refractivity contribution is 7.13. The summed E-state index contributed by atoms with van der Waals surface area (Å²) in [6.07, 6.45) is 3.30. The molecule has 0 radical (unpaired) electrons. The van der Waals surface area contributed by atoms with Crippen molar-refractivity contribution in [3.05, 3.63) is 22.7 Å². The van der Waals surface area contributed by atoms with E-state index in [1.165, 1.54) is 5.57 Å². The summed E-state index contributed by atoms with van der Waals surface area (Å²) in [6, 6.07) is 0. The van der Waals surface area contributed by atoms with Crippen molar-refractivity contribution in [2.45, 2.75) is 27.2 Å². The topological polar surface area (TPSA) is 24.9 Å². The fourth-order valence-corrected chi connectivity index (χ4v) is 1.69. The first kappa shape index (κ1) is 10.3. The standard InChI is InChI=1S/C10H16N2S/c1-8(2)5-4-6-11-10-12-9(3)7-13-10/h5,7H,4,6H2,1-3H3,(H,11,12). The number of hydrogen-bond acceptors (Lipinski definition) is 3. The van der Waals surface area contributed by atoms with Crippen molar-refractivity contribution < 1.29 is 0 Å². The van der Waals surface area contributed by atoms with Crippen LogP contribution in [-0.2, 0) is 0 Å². The molecule has 1 rings (SSSR count). The number of nitrogens with one attached hydrogen (secondary N) is 1. The summed E-state index contributed by atoms with van der Waals surface area (Å²) in [4.78, 5) is 4.31. The lowest BCUT2D eigenvalue weighted by Gasteiger charge is -1.98. The summed E-state index contributed by atoms with van der Waals surface area (Å²) in [5.41, 5.74) is 2.46. The molecule has 1 aromatic heterocycles. The Balaban J connectivity index is 2.24. The van der Waals surface area contributed by atoms with Crippen molar-refractivity contribution in [3.8, 4) is 0 Å². The van der Waals surface area contributed by atoms with Crippen molar-refractivity contribution in [1.29, 1.82) is 0 Å². The zero-order valence-electron chi connectivity index (χ0n) is 8.42. The number of allylic oxidation sites excluding steroid dienone is 1.